The second-order valence-corrected chi connectivity index (χ2v) is 6.29. The Morgan fingerprint density at radius 2 is 2.12 bits per heavy atom. The third kappa shape index (κ3) is 3.32. The van der Waals surface area contributed by atoms with Crippen LogP contribution in [0.2, 0.25) is 0 Å². The molecule has 1 aromatic heterocycles. The number of carbonyl (C=O) groups excluding carboxylic acids is 1. The zero-order valence-corrected chi connectivity index (χ0v) is 13.4. The SMILES string of the molecule is O=C(NCc1noc(C2CC2)n1)N1CCC=C(c2ccccc2)C1. The van der Waals surface area contributed by atoms with Crippen molar-refractivity contribution in [3.63, 3.8) is 0 Å². The van der Waals surface area contributed by atoms with Gasteiger partial charge in [0.1, 0.15) is 0 Å². The van der Waals surface area contributed by atoms with E-state index in [0.29, 0.717) is 30.7 Å². The second-order valence-electron chi connectivity index (χ2n) is 6.29. The number of aromatic nitrogens is 2. The van der Waals surface area contributed by atoms with Crippen LogP contribution in [-0.2, 0) is 6.54 Å². The first-order valence-electron chi connectivity index (χ1n) is 8.39. The number of rotatable bonds is 4. The van der Waals surface area contributed by atoms with Crippen molar-refractivity contribution >= 4 is 11.6 Å². The Labute approximate surface area is 140 Å². The lowest BCUT2D eigenvalue weighted by Crippen LogP contribution is -2.42. The Balaban J connectivity index is 1.33. The summed E-state index contributed by atoms with van der Waals surface area (Å²) in [6, 6.07) is 10.1. The van der Waals surface area contributed by atoms with Crippen LogP contribution in [0.15, 0.2) is 40.9 Å². The molecule has 0 spiro atoms. The molecule has 2 aliphatic rings. The van der Waals surface area contributed by atoms with Crippen LogP contribution in [0.25, 0.3) is 5.57 Å². The van der Waals surface area contributed by atoms with Gasteiger partial charge in [-0.1, -0.05) is 41.6 Å². The molecule has 1 N–H and O–H groups in total. The third-order valence-electron chi connectivity index (χ3n) is 4.39. The van der Waals surface area contributed by atoms with Crippen LogP contribution in [0.3, 0.4) is 0 Å². The van der Waals surface area contributed by atoms with Crippen molar-refractivity contribution in [2.24, 2.45) is 0 Å². The van der Waals surface area contributed by atoms with Crippen LogP contribution in [0.1, 0.15) is 42.5 Å². The Morgan fingerprint density at radius 1 is 1.29 bits per heavy atom. The van der Waals surface area contributed by atoms with Crippen molar-refractivity contribution < 1.29 is 9.32 Å². The van der Waals surface area contributed by atoms with Gasteiger partial charge in [0.05, 0.1) is 6.54 Å². The smallest absolute Gasteiger partial charge is 0.318 e. The summed E-state index contributed by atoms with van der Waals surface area (Å²) >= 11 is 0. The van der Waals surface area contributed by atoms with E-state index in [2.05, 4.69) is 33.7 Å². The topological polar surface area (TPSA) is 71.3 Å². The van der Waals surface area contributed by atoms with Gasteiger partial charge < -0.3 is 14.7 Å². The van der Waals surface area contributed by atoms with Crippen LogP contribution in [0.5, 0.6) is 0 Å². The van der Waals surface area contributed by atoms with Crippen molar-refractivity contribution in [2.45, 2.75) is 31.7 Å². The van der Waals surface area contributed by atoms with Gasteiger partial charge in [-0.05, 0) is 30.4 Å². The Morgan fingerprint density at radius 3 is 2.92 bits per heavy atom. The van der Waals surface area contributed by atoms with E-state index in [9.17, 15) is 4.79 Å². The molecular weight excluding hydrogens is 304 g/mol. The Bertz CT molecular complexity index is 749. The average molecular weight is 324 g/mol. The van der Waals surface area contributed by atoms with Crippen molar-refractivity contribution in [3.05, 3.63) is 53.7 Å². The highest BCUT2D eigenvalue weighted by Crippen LogP contribution is 2.38. The maximum absolute atomic E-state index is 12.4. The minimum atomic E-state index is -0.0886. The molecule has 2 aromatic rings. The number of hydrogen-bond acceptors (Lipinski definition) is 4. The lowest BCUT2D eigenvalue weighted by molar-refractivity contribution is 0.202. The second kappa shape index (κ2) is 6.47. The Hall–Kier alpha value is -2.63. The molecule has 124 valence electrons. The summed E-state index contributed by atoms with van der Waals surface area (Å²) in [5.41, 5.74) is 2.36. The van der Waals surface area contributed by atoms with Crippen LogP contribution in [0.4, 0.5) is 4.79 Å². The standard InChI is InChI=1S/C18H20N4O2/c23-18(19-11-16-20-17(24-21-16)14-8-9-14)22-10-4-7-15(12-22)13-5-2-1-3-6-13/h1-3,5-7,14H,4,8-12H2,(H,19,23). The fourth-order valence-corrected chi connectivity index (χ4v) is 2.88. The van der Waals surface area contributed by atoms with E-state index in [1.165, 1.54) is 11.1 Å². The molecule has 1 saturated carbocycles. The van der Waals surface area contributed by atoms with Gasteiger partial charge in [0.25, 0.3) is 0 Å². The van der Waals surface area contributed by atoms with Crippen LogP contribution in [-0.4, -0.2) is 34.2 Å². The van der Waals surface area contributed by atoms with Gasteiger partial charge in [-0.2, -0.15) is 4.98 Å². The molecule has 2 heterocycles. The summed E-state index contributed by atoms with van der Waals surface area (Å²) in [5.74, 6) is 1.68. The van der Waals surface area contributed by atoms with E-state index >= 15 is 0 Å². The normalized spacial score (nSPS) is 17.5. The number of amides is 2. The van der Waals surface area contributed by atoms with E-state index < -0.39 is 0 Å². The molecule has 0 atom stereocenters. The molecule has 0 bridgehead atoms. The molecule has 0 radical (unpaired) electrons. The highest BCUT2D eigenvalue weighted by molar-refractivity contribution is 5.78. The van der Waals surface area contributed by atoms with E-state index in [4.69, 9.17) is 4.52 Å². The average Bonchev–Trinajstić information content (AvgIpc) is 3.39. The molecule has 24 heavy (non-hydrogen) atoms. The maximum Gasteiger partial charge on any atom is 0.318 e. The lowest BCUT2D eigenvalue weighted by atomic mass is 10.0. The summed E-state index contributed by atoms with van der Waals surface area (Å²) in [7, 11) is 0. The van der Waals surface area contributed by atoms with Crippen molar-refractivity contribution in [2.75, 3.05) is 13.1 Å². The van der Waals surface area contributed by atoms with Gasteiger partial charge in [0, 0.05) is 19.0 Å². The molecule has 4 rings (SSSR count). The quantitative estimate of drug-likeness (QED) is 0.938. The molecule has 1 fully saturated rings. The number of nitrogens with one attached hydrogen (secondary N) is 1. The summed E-state index contributed by atoms with van der Waals surface area (Å²) in [4.78, 5) is 18.6. The zero-order chi connectivity index (χ0) is 16.4. The number of carbonyl (C=O) groups is 1. The monoisotopic (exact) mass is 324 g/mol. The highest BCUT2D eigenvalue weighted by atomic mass is 16.5. The van der Waals surface area contributed by atoms with Crippen LogP contribution >= 0.6 is 0 Å². The van der Waals surface area contributed by atoms with Gasteiger partial charge in [0.2, 0.25) is 5.89 Å². The highest BCUT2D eigenvalue weighted by Gasteiger charge is 2.29. The van der Waals surface area contributed by atoms with Gasteiger partial charge >= 0.3 is 6.03 Å². The third-order valence-corrected chi connectivity index (χ3v) is 4.39. The van der Waals surface area contributed by atoms with Gasteiger partial charge in [0.15, 0.2) is 5.82 Å². The van der Waals surface area contributed by atoms with E-state index in [1.54, 1.807) is 0 Å². The zero-order valence-electron chi connectivity index (χ0n) is 13.4. The first-order valence-corrected chi connectivity index (χ1v) is 8.39. The molecule has 0 saturated heterocycles. The van der Waals surface area contributed by atoms with Gasteiger partial charge in [-0.25, -0.2) is 4.79 Å². The summed E-state index contributed by atoms with van der Waals surface area (Å²) in [5, 5.41) is 6.81. The molecular formula is C18H20N4O2. The first-order chi connectivity index (χ1) is 11.8. The first kappa shape index (κ1) is 14.9. The Kier molecular flexibility index (Phi) is 4.02. The van der Waals surface area contributed by atoms with Crippen molar-refractivity contribution in [1.82, 2.24) is 20.4 Å². The number of benzene rings is 1. The largest absolute Gasteiger partial charge is 0.339 e. The van der Waals surface area contributed by atoms with Crippen molar-refractivity contribution in [3.8, 4) is 0 Å². The molecule has 1 aromatic carbocycles. The summed E-state index contributed by atoms with van der Waals surface area (Å²) in [6.45, 7) is 1.65. The summed E-state index contributed by atoms with van der Waals surface area (Å²) in [6.07, 6.45) is 5.32. The molecule has 1 aliphatic carbocycles. The summed E-state index contributed by atoms with van der Waals surface area (Å²) < 4.78 is 5.21. The predicted octanol–water partition coefficient (Wildman–Crippen LogP) is 2.95. The van der Waals surface area contributed by atoms with Crippen LogP contribution < -0.4 is 5.32 Å². The fourth-order valence-electron chi connectivity index (χ4n) is 2.88. The molecule has 0 unspecified atom stereocenters. The molecule has 2 amide bonds. The minimum Gasteiger partial charge on any atom is -0.339 e. The van der Waals surface area contributed by atoms with Crippen LogP contribution in [0, 0.1) is 0 Å². The fraction of sp³-hybridized carbons (Fsp3) is 0.389. The predicted molar refractivity (Wildman–Crippen MR) is 89.1 cm³/mol. The van der Waals surface area contributed by atoms with Gasteiger partial charge in [-0.15, -0.1) is 0 Å². The number of hydrogen-bond donors (Lipinski definition) is 1. The minimum absolute atomic E-state index is 0.0886. The van der Waals surface area contributed by atoms with E-state index in [0.717, 1.165) is 25.8 Å². The molecule has 6 nitrogen and oxygen atoms in total. The molecule has 6 heteroatoms. The van der Waals surface area contributed by atoms with E-state index in [1.807, 2.05) is 23.1 Å². The number of urea groups is 1. The number of nitrogens with zero attached hydrogens (tertiary/aromatic N) is 3. The molecule has 1 aliphatic heterocycles. The van der Waals surface area contributed by atoms with E-state index in [-0.39, 0.29) is 6.03 Å². The lowest BCUT2D eigenvalue weighted by Gasteiger charge is -2.27. The van der Waals surface area contributed by atoms with Gasteiger partial charge in [-0.3, -0.25) is 0 Å². The maximum atomic E-state index is 12.4. The van der Waals surface area contributed by atoms with Crippen molar-refractivity contribution in [1.29, 1.82) is 0 Å².